The zero-order chi connectivity index (χ0) is 13.3. The third-order valence-electron chi connectivity index (χ3n) is 2.38. The summed E-state index contributed by atoms with van der Waals surface area (Å²) in [6, 6.07) is 5.50. The molecular weight excluding hydrogens is 237 g/mol. The molecule has 18 heavy (non-hydrogen) atoms. The van der Waals surface area contributed by atoms with Crippen molar-refractivity contribution < 1.29 is 13.6 Å². The molecule has 0 saturated carbocycles. The highest BCUT2D eigenvalue weighted by Gasteiger charge is 2.15. The Labute approximate surface area is 102 Å². The molecule has 0 atom stereocenters. The van der Waals surface area contributed by atoms with Gasteiger partial charge in [0, 0.05) is 11.4 Å². The van der Waals surface area contributed by atoms with Gasteiger partial charge in [-0.25, -0.2) is 9.18 Å². The number of benzene rings is 1. The van der Waals surface area contributed by atoms with Crippen molar-refractivity contribution in [3.63, 3.8) is 0 Å². The number of hydrogen-bond acceptors (Lipinski definition) is 3. The summed E-state index contributed by atoms with van der Waals surface area (Å²) in [5.41, 5.74) is -1.10. The minimum atomic E-state index is -0.842. The van der Waals surface area contributed by atoms with E-state index in [-0.39, 0.29) is 17.2 Å². The van der Waals surface area contributed by atoms with Crippen LogP contribution in [-0.4, -0.2) is 11.9 Å². The van der Waals surface area contributed by atoms with E-state index in [9.17, 15) is 14.0 Å². The van der Waals surface area contributed by atoms with Crippen LogP contribution in [0, 0.1) is 5.82 Å². The Morgan fingerprint density at radius 3 is 2.78 bits per heavy atom. The SMILES string of the molecule is CC(C)NC(=O)c1cc2cccc(F)c2oc1=O. The van der Waals surface area contributed by atoms with Gasteiger partial charge in [-0.1, -0.05) is 12.1 Å². The van der Waals surface area contributed by atoms with Crippen LogP contribution in [0.1, 0.15) is 24.2 Å². The lowest BCUT2D eigenvalue weighted by Crippen LogP contribution is -2.33. The second-order valence-electron chi connectivity index (χ2n) is 4.23. The summed E-state index contributed by atoms with van der Waals surface area (Å²) in [5.74, 6) is -1.15. The van der Waals surface area contributed by atoms with Gasteiger partial charge in [0.1, 0.15) is 5.56 Å². The molecule has 0 aliphatic heterocycles. The molecule has 2 aromatic rings. The van der Waals surface area contributed by atoms with Crippen LogP contribution in [0.5, 0.6) is 0 Å². The molecule has 1 amide bonds. The minimum Gasteiger partial charge on any atom is -0.419 e. The van der Waals surface area contributed by atoms with Gasteiger partial charge in [0.25, 0.3) is 5.91 Å². The quantitative estimate of drug-likeness (QED) is 0.829. The Morgan fingerprint density at radius 2 is 2.11 bits per heavy atom. The molecule has 4 nitrogen and oxygen atoms in total. The number of amides is 1. The van der Waals surface area contributed by atoms with Gasteiger partial charge in [-0.15, -0.1) is 0 Å². The molecule has 1 N–H and O–H groups in total. The maximum atomic E-state index is 13.4. The standard InChI is InChI=1S/C13H12FNO3/c1-7(2)15-12(16)9-6-8-4-3-5-10(14)11(8)18-13(9)17/h3-7H,1-2H3,(H,15,16). The first-order chi connectivity index (χ1) is 8.49. The van der Waals surface area contributed by atoms with E-state index < -0.39 is 17.3 Å². The van der Waals surface area contributed by atoms with E-state index in [1.54, 1.807) is 19.9 Å². The van der Waals surface area contributed by atoms with Crippen LogP contribution in [0.3, 0.4) is 0 Å². The first-order valence-electron chi connectivity index (χ1n) is 5.52. The van der Waals surface area contributed by atoms with E-state index in [2.05, 4.69) is 5.32 Å². The van der Waals surface area contributed by atoms with Gasteiger partial charge in [0.15, 0.2) is 11.4 Å². The summed E-state index contributed by atoms with van der Waals surface area (Å²) < 4.78 is 18.2. The summed E-state index contributed by atoms with van der Waals surface area (Å²) in [5, 5.41) is 2.96. The highest BCUT2D eigenvalue weighted by Crippen LogP contribution is 2.16. The molecule has 0 unspecified atom stereocenters. The molecule has 94 valence electrons. The summed E-state index contributed by atoms with van der Waals surface area (Å²) >= 11 is 0. The molecule has 0 radical (unpaired) electrons. The molecule has 1 heterocycles. The molecule has 2 rings (SSSR count). The number of carbonyl (C=O) groups is 1. The molecule has 0 saturated heterocycles. The average molecular weight is 249 g/mol. The monoisotopic (exact) mass is 249 g/mol. The molecule has 0 aliphatic carbocycles. The maximum absolute atomic E-state index is 13.4. The molecule has 0 aliphatic rings. The van der Waals surface area contributed by atoms with Crippen LogP contribution in [0.25, 0.3) is 11.0 Å². The van der Waals surface area contributed by atoms with Crippen molar-refractivity contribution in [2.24, 2.45) is 0 Å². The van der Waals surface area contributed by atoms with Gasteiger partial charge in [0.05, 0.1) is 0 Å². The molecule has 1 aromatic carbocycles. The van der Waals surface area contributed by atoms with Crippen molar-refractivity contribution in [3.05, 3.63) is 46.1 Å². The van der Waals surface area contributed by atoms with Crippen molar-refractivity contribution in [3.8, 4) is 0 Å². The van der Waals surface area contributed by atoms with E-state index in [0.717, 1.165) is 0 Å². The van der Waals surface area contributed by atoms with Crippen LogP contribution in [-0.2, 0) is 0 Å². The number of carbonyl (C=O) groups excluding carboxylic acids is 1. The second kappa shape index (κ2) is 4.60. The molecule has 0 bridgehead atoms. The lowest BCUT2D eigenvalue weighted by molar-refractivity contribution is 0.0939. The molecule has 5 heteroatoms. The predicted molar refractivity (Wildman–Crippen MR) is 65.0 cm³/mol. The number of nitrogens with one attached hydrogen (secondary N) is 1. The average Bonchev–Trinajstić information content (AvgIpc) is 2.28. The first-order valence-corrected chi connectivity index (χ1v) is 5.52. The smallest absolute Gasteiger partial charge is 0.349 e. The topological polar surface area (TPSA) is 59.3 Å². The Hall–Kier alpha value is -2.17. The first kappa shape index (κ1) is 12.3. The van der Waals surface area contributed by atoms with E-state index in [4.69, 9.17) is 4.42 Å². The van der Waals surface area contributed by atoms with Crippen molar-refractivity contribution in [1.29, 1.82) is 0 Å². The number of fused-ring (bicyclic) bond motifs is 1. The normalized spacial score (nSPS) is 10.9. The summed E-state index contributed by atoms with van der Waals surface area (Å²) in [4.78, 5) is 23.4. The Bertz CT molecular complexity index is 661. The van der Waals surface area contributed by atoms with Crippen LogP contribution in [0.2, 0.25) is 0 Å². The van der Waals surface area contributed by atoms with Gasteiger partial charge in [-0.05, 0) is 26.0 Å². The molecule has 1 aromatic heterocycles. The van der Waals surface area contributed by atoms with Gasteiger partial charge < -0.3 is 9.73 Å². The Balaban J connectivity index is 2.57. The third-order valence-corrected chi connectivity index (χ3v) is 2.38. The molecule has 0 fully saturated rings. The van der Waals surface area contributed by atoms with Crippen LogP contribution in [0.4, 0.5) is 4.39 Å². The molecule has 0 spiro atoms. The Morgan fingerprint density at radius 1 is 1.39 bits per heavy atom. The van der Waals surface area contributed by atoms with Gasteiger partial charge >= 0.3 is 5.63 Å². The van der Waals surface area contributed by atoms with E-state index in [1.807, 2.05) is 0 Å². The predicted octanol–water partition coefficient (Wildman–Crippen LogP) is 2.07. The second-order valence-corrected chi connectivity index (χ2v) is 4.23. The van der Waals surface area contributed by atoms with E-state index in [0.29, 0.717) is 5.39 Å². The maximum Gasteiger partial charge on any atom is 0.349 e. The number of hydrogen-bond donors (Lipinski definition) is 1. The summed E-state index contributed by atoms with van der Waals surface area (Å²) in [6.45, 7) is 3.56. The lowest BCUT2D eigenvalue weighted by Gasteiger charge is -2.07. The van der Waals surface area contributed by atoms with Crippen molar-refractivity contribution in [2.75, 3.05) is 0 Å². The van der Waals surface area contributed by atoms with Gasteiger partial charge in [-0.3, -0.25) is 4.79 Å². The van der Waals surface area contributed by atoms with Crippen molar-refractivity contribution in [1.82, 2.24) is 5.32 Å². The number of rotatable bonds is 2. The number of halogens is 1. The van der Waals surface area contributed by atoms with Crippen LogP contribution >= 0.6 is 0 Å². The Kier molecular flexibility index (Phi) is 3.14. The van der Waals surface area contributed by atoms with Crippen molar-refractivity contribution >= 4 is 16.9 Å². The van der Waals surface area contributed by atoms with Crippen molar-refractivity contribution in [2.45, 2.75) is 19.9 Å². The fourth-order valence-corrected chi connectivity index (χ4v) is 1.61. The minimum absolute atomic E-state index is 0.0971. The summed E-state index contributed by atoms with van der Waals surface area (Å²) in [6.07, 6.45) is 0. The highest BCUT2D eigenvalue weighted by atomic mass is 19.1. The molecular formula is C13H12FNO3. The zero-order valence-corrected chi connectivity index (χ0v) is 9.99. The third kappa shape index (κ3) is 2.25. The highest BCUT2D eigenvalue weighted by molar-refractivity contribution is 5.96. The zero-order valence-electron chi connectivity index (χ0n) is 9.99. The summed E-state index contributed by atoms with van der Waals surface area (Å²) in [7, 11) is 0. The van der Waals surface area contributed by atoms with Crippen LogP contribution in [0.15, 0.2) is 33.5 Å². The van der Waals surface area contributed by atoms with Crippen LogP contribution < -0.4 is 10.9 Å². The van der Waals surface area contributed by atoms with E-state index >= 15 is 0 Å². The largest absolute Gasteiger partial charge is 0.419 e. The fourth-order valence-electron chi connectivity index (χ4n) is 1.61. The lowest BCUT2D eigenvalue weighted by atomic mass is 10.1. The van der Waals surface area contributed by atoms with E-state index in [1.165, 1.54) is 18.2 Å². The van der Waals surface area contributed by atoms with Gasteiger partial charge in [-0.2, -0.15) is 0 Å². The van der Waals surface area contributed by atoms with Gasteiger partial charge in [0.2, 0.25) is 0 Å². The fraction of sp³-hybridized carbons (Fsp3) is 0.231. The number of para-hydroxylation sites is 1.